The minimum atomic E-state index is -0.315. The molecule has 0 saturated heterocycles. The number of hydrogen-bond donors (Lipinski definition) is 1. The molecule has 0 spiro atoms. The molecule has 0 aliphatic heterocycles. The van der Waals surface area contributed by atoms with E-state index in [1.165, 1.54) is 13.5 Å². The normalized spacial score (nSPS) is 14.9. The molecule has 18 heavy (non-hydrogen) atoms. The van der Waals surface area contributed by atoms with Gasteiger partial charge in [0, 0.05) is 18.8 Å². The van der Waals surface area contributed by atoms with Gasteiger partial charge in [-0.05, 0) is 31.4 Å². The second-order valence-electron chi connectivity index (χ2n) is 4.47. The first-order valence-electron chi connectivity index (χ1n) is 6.24. The summed E-state index contributed by atoms with van der Waals surface area (Å²) < 4.78 is 6.54. The van der Waals surface area contributed by atoms with E-state index in [-0.39, 0.29) is 18.3 Å². The summed E-state index contributed by atoms with van der Waals surface area (Å²) in [6, 6.07) is 4.15. The average molecular weight is 250 g/mol. The third-order valence-electron chi connectivity index (χ3n) is 3.32. The lowest BCUT2D eigenvalue weighted by atomic mass is 9.93. The lowest BCUT2D eigenvalue weighted by molar-refractivity contribution is -0.140. The van der Waals surface area contributed by atoms with Crippen molar-refractivity contribution >= 4 is 11.9 Å². The predicted molar refractivity (Wildman–Crippen MR) is 66.3 cm³/mol. The number of amides is 1. The van der Waals surface area contributed by atoms with Crippen LogP contribution in [0, 0.1) is 0 Å². The van der Waals surface area contributed by atoms with Gasteiger partial charge in [0.1, 0.15) is 5.69 Å². The maximum atomic E-state index is 12.0. The van der Waals surface area contributed by atoms with Crippen LogP contribution in [0.3, 0.4) is 0 Å². The summed E-state index contributed by atoms with van der Waals surface area (Å²) in [6.07, 6.45) is 5.64. The van der Waals surface area contributed by atoms with Crippen LogP contribution in [-0.4, -0.2) is 30.1 Å². The van der Waals surface area contributed by atoms with Gasteiger partial charge in [-0.1, -0.05) is 0 Å². The molecule has 1 saturated carbocycles. The number of nitrogens with zero attached hydrogens (tertiary/aromatic N) is 1. The fourth-order valence-corrected chi connectivity index (χ4v) is 2.04. The highest BCUT2D eigenvalue weighted by Gasteiger charge is 2.22. The van der Waals surface area contributed by atoms with E-state index < -0.39 is 0 Å². The summed E-state index contributed by atoms with van der Waals surface area (Å²) >= 11 is 0. The molecule has 5 nitrogen and oxygen atoms in total. The minimum Gasteiger partial charge on any atom is -0.469 e. The number of rotatable bonds is 5. The van der Waals surface area contributed by atoms with Crippen molar-refractivity contribution in [2.75, 3.05) is 13.7 Å². The van der Waals surface area contributed by atoms with Gasteiger partial charge >= 0.3 is 5.97 Å². The number of methoxy groups -OCH3 is 1. The Morgan fingerprint density at radius 1 is 1.50 bits per heavy atom. The average Bonchev–Trinajstić information content (AvgIpc) is 2.75. The molecule has 1 heterocycles. The maximum Gasteiger partial charge on any atom is 0.307 e. The van der Waals surface area contributed by atoms with Crippen LogP contribution in [0.25, 0.3) is 0 Å². The van der Waals surface area contributed by atoms with Crippen LogP contribution < -0.4 is 5.32 Å². The summed E-state index contributed by atoms with van der Waals surface area (Å²) in [5.41, 5.74) is 0.671. The maximum absolute atomic E-state index is 12.0. The molecule has 1 aromatic rings. The molecule has 1 aromatic heterocycles. The lowest BCUT2D eigenvalue weighted by Gasteiger charge is -2.28. The topological polar surface area (TPSA) is 60.3 Å². The lowest BCUT2D eigenvalue weighted by Crippen LogP contribution is -2.30. The van der Waals surface area contributed by atoms with Gasteiger partial charge in [0.25, 0.3) is 5.91 Å². The van der Waals surface area contributed by atoms with E-state index >= 15 is 0 Å². The molecule has 1 aliphatic rings. The predicted octanol–water partition coefficient (Wildman–Crippen LogP) is 1.51. The van der Waals surface area contributed by atoms with Gasteiger partial charge in [0.15, 0.2) is 0 Å². The Morgan fingerprint density at radius 3 is 2.89 bits per heavy atom. The number of ether oxygens (including phenoxy) is 1. The van der Waals surface area contributed by atoms with E-state index in [2.05, 4.69) is 10.1 Å². The van der Waals surface area contributed by atoms with Gasteiger partial charge < -0.3 is 14.6 Å². The fourth-order valence-electron chi connectivity index (χ4n) is 2.04. The molecule has 1 amide bonds. The molecule has 1 fully saturated rings. The Labute approximate surface area is 106 Å². The van der Waals surface area contributed by atoms with Crippen LogP contribution in [0.4, 0.5) is 0 Å². The summed E-state index contributed by atoms with van der Waals surface area (Å²) in [5.74, 6) is -0.444. The molecule has 0 atom stereocenters. The first kappa shape index (κ1) is 12.7. The second kappa shape index (κ2) is 5.71. The van der Waals surface area contributed by atoms with Crippen molar-refractivity contribution in [1.82, 2.24) is 9.88 Å². The summed E-state index contributed by atoms with van der Waals surface area (Å²) in [7, 11) is 1.34. The zero-order valence-corrected chi connectivity index (χ0v) is 10.5. The first-order chi connectivity index (χ1) is 8.72. The van der Waals surface area contributed by atoms with Crippen molar-refractivity contribution in [2.24, 2.45) is 0 Å². The number of carbonyl (C=O) groups excluding carboxylic acids is 2. The second-order valence-corrected chi connectivity index (χ2v) is 4.47. The molecule has 1 N–H and O–H groups in total. The van der Waals surface area contributed by atoms with Crippen molar-refractivity contribution in [3.63, 3.8) is 0 Å². The summed E-state index contributed by atoms with van der Waals surface area (Å²) in [4.78, 5) is 22.9. The Morgan fingerprint density at radius 2 is 2.28 bits per heavy atom. The first-order valence-corrected chi connectivity index (χ1v) is 6.24. The monoisotopic (exact) mass is 250 g/mol. The molecule has 0 radical (unpaired) electrons. The van der Waals surface area contributed by atoms with Gasteiger partial charge in [-0.2, -0.15) is 0 Å². The largest absolute Gasteiger partial charge is 0.469 e. The van der Waals surface area contributed by atoms with E-state index in [0.717, 1.165) is 12.8 Å². The quantitative estimate of drug-likeness (QED) is 0.806. The van der Waals surface area contributed by atoms with Gasteiger partial charge in [0.2, 0.25) is 0 Å². The number of esters is 1. The van der Waals surface area contributed by atoms with Crippen LogP contribution in [-0.2, 0) is 9.53 Å². The highest BCUT2D eigenvalue weighted by Crippen LogP contribution is 2.32. The van der Waals surface area contributed by atoms with Crippen molar-refractivity contribution in [3.8, 4) is 0 Å². The third kappa shape index (κ3) is 2.72. The van der Waals surface area contributed by atoms with Crippen LogP contribution >= 0.6 is 0 Å². The smallest absolute Gasteiger partial charge is 0.307 e. The van der Waals surface area contributed by atoms with Crippen LogP contribution in [0.5, 0.6) is 0 Å². The molecule has 98 valence electrons. The molecule has 2 rings (SSSR count). The van der Waals surface area contributed by atoms with E-state index in [9.17, 15) is 9.59 Å². The molecule has 0 aromatic carbocycles. The van der Waals surface area contributed by atoms with Crippen molar-refractivity contribution in [3.05, 3.63) is 24.0 Å². The van der Waals surface area contributed by atoms with Crippen LogP contribution in [0.1, 0.15) is 42.2 Å². The Bertz CT molecular complexity index is 435. The number of hydrogen-bond acceptors (Lipinski definition) is 3. The van der Waals surface area contributed by atoms with E-state index in [1.54, 1.807) is 0 Å². The molecule has 5 heteroatoms. The van der Waals surface area contributed by atoms with E-state index in [0.29, 0.717) is 18.3 Å². The number of carbonyl (C=O) groups is 2. The van der Waals surface area contributed by atoms with E-state index in [1.807, 2.05) is 22.9 Å². The van der Waals surface area contributed by atoms with Crippen molar-refractivity contribution in [2.45, 2.75) is 31.7 Å². The Balaban J connectivity index is 1.88. The van der Waals surface area contributed by atoms with Crippen molar-refractivity contribution in [1.29, 1.82) is 0 Å². The van der Waals surface area contributed by atoms with Gasteiger partial charge in [-0.3, -0.25) is 9.59 Å². The molecule has 1 aliphatic carbocycles. The molecule has 0 unspecified atom stereocenters. The SMILES string of the molecule is COC(=O)CCNC(=O)c1cccn1C1CCC1. The fraction of sp³-hybridized carbons (Fsp3) is 0.538. The molecule has 0 bridgehead atoms. The third-order valence-corrected chi connectivity index (χ3v) is 3.32. The zero-order valence-electron chi connectivity index (χ0n) is 10.5. The van der Waals surface area contributed by atoms with Crippen LogP contribution in [0.2, 0.25) is 0 Å². The standard InChI is InChI=1S/C13H18N2O3/c1-18-12(16)7-8-14-13(17)11-6-3-9-15(11)10-4-2-5-10/h3,6,9-10H,2,4-5,7-8H2,1H3,(H,14,17). The summed E-state index contributed by atoms with van der Waals surface area (Å²) in [6.45, 7) is 0.307. The van der Waals surface area contributed by atoms with Crippen LogP contribution in [0.15, 0.2) is 18.3 Å². The Kier molecular flexibility index (Phi) is 4.02. The minimum absolute atomic E-state index is 0.129. The van der Waals surface area contributed by atoms with E-state index in [4.69, 9.17) is 0 Å². The molecular formula is C13H18N2O3. The molecular weight excluding hydrogens is 232 g/mol. The number of aromatic nitrogens is 1. The van der Waals surface area contributed by atoms with Gasteiger partial charge in [-0.15, -0.1) is 0 Å². The number of nitrogens with one attached hydrogen (secondary N) is 1. The highest BCUT2D eigenvalue weighted by molar-refractivity contribution is 5.93. The van der Waals surface area contributed by atoms with Gasteiger partial charge in [-0.25, -0.2) is 0 Å². The highest BCUT2D eigenvalue weighted by atomic mass is 16.5. The zero-order chi connectivity index (χ0) is 13.0. The van der Waals surface area contributed by atoms with Gasteiger partial charge in [0.05, 0.1) is 13.5 Å². The Hall–Kier alpha value is -1.78. The summed E-state index contributed by atoms with van der Waals surface area (Å²) in [5, 5.41) is 2.73. The van der Waals surface area contributed by atoms with Crippen molar-refractivity contribution < 1.29 is 14.3 Å².